The molecule has 0 aromatic heterocycles. The zero-order valence-corrected chi connectivity index (χ0v) is 15.8. The van der Waals surface area contributed by atoms with Gasteiger partial charge in [0.05, 0.1) is 0 Å². The topological polar surface area (TPSA) is 9.23 Å². The number of alkyl halides is 1. The van der Waals surface area contributed by atoms with Crippen LogP contribution in [0.5, 0.6) is 0 Å². The Morgan fingerprint density at radius 3 is 1.70 bits per heavy atom. The van der Waals surface area contributed by atoms with Gasteiger partial charge in [-0.15, -0.1) is 11.6 Å². The van der Waals surface area contributed by atoms with Gasteiger partial charge < -0.3 is 4.43 Å². The Morgan fingerprint density at radius 1 is 0.826 bits per heavy atom. The predicted octanol–water partition coefficient (Wildman–Crippen LogP) is 5.62. The van der Waals surface area contributed by atoms with Gasteiger partial charge in [0.2, 0.25) is 8.32 Å². The lowest BCUT2D eigenvalue weighted by Gasteiger charge is -2.30. The van der Waals surface area contributed by atoms with Gasteiger partial charge in [0, 0.05) is 12.1 Å². The fraction of sp³-hybridized carbons (Fsp3) is 0.400. The molecular weight excluding hydrogens is 320 g/mol. The van der Waals surface area contributed by atoms with Crippen molar-refractivity contribution in [3.05, 3.63) is 71.8 Å². The Hall–Kier alpha value is -1.09. The van der Waals surface area contributed by atoms with Crippen LogP contribution in [0.1, 0.15) is 24.5 Å². The molecule has 0 amide bonds. The highest BCUT2D eigenvalue weighted by molar-refractivity contribution is 6.80. The highest BCUT2D eigenvalue weighted by atomic mass is 35.5. The number of benzene rings is 2. The summed E-state index contributed by atoms with van der Waals surface area (Å²) in [7, 11) is -1.89. The van der Waals surface area contributed by atoms with E-state index in [1.807, 2.05) is 0 Å². The summed E-state index contributed by atoms with van der Waals surface area (Å²) in [4.78, 5) is 0. The molecule has 0 fully saturated rings. The molecule has 3 heteroatoms. The first-order valence-corrected chi connectivity index (χ1v) is 11.6. The zero-order valence-electron chi connectivity index (χ0n) is 14.0. The van der Waals surface area contributed by atoms with Gasteiger partial charge in [-0.2, -0.15) is 0 Å². The van der Waals surface area contributed by atoms with Crippen LogP contribution in [0.2, 0.25) is 12.1 Å². The van der Waals surface area contributed by atoms with Crippen LogP contribution in [-0.4, -0.2) is 20.4 Å². The van der Waals surface area contributed by atoms with E-state index in [0.29, 0.717) is 5.50 Å². The second-order valence-electron chi connectivity index (χ2n) is 6.14. The van der Waals surface area contributed by atoms with Crippen LogP contribution >= 0.6 is 11.6 Å². The SMILES string of the molecule is CCCO[Si](CCl)(CCc1ccccc1)CCc1ccccc1. The van der Waals surface area contributed by atoms with Crippen LogP contribution in [0.4, 0.5) is 0 Å². The van der Waals surface area contributed by atoms with E-state index in [4.69, 9.17) is 16.0 Å². The number of rotatable bonds is 10. The van der Waals surface area contributed by atoms with Gasteiger partial charge in [-0.1, -0.05) is 67.6 Å². The third kappa shape index (κ3) is 6.13. The number of hydrogen-bond acceptors (Lipinski definition) is 1. The average molecular weight is 347 g/mol. The molecule has 2 rings (SSSR count). The van der Waals surface area contributed by atoms with Crippen molar-refractivity contribution in [2.45, 2.75) is 38.3 Å². The van der Waals surface area contributed by atoms with Gasteiger partial charge in [-0.05, 0) is 42.5 Å². The van der Waals surface area contributed by atoms with Gasteiger partial charge in [0.25, 0.3) is 0 Å². The quantitative estimate of drug-likeness (QED) is 0.400. The zero-order chi connectivity index (χ0) is 16.4. The summed E-state index contributed by atoms with van der Waals surface area (Å²) in [5.41, 5.74) is 3.45. The molecule has 0 aliphatic carbocycles. The first kappa shape index (κ1) is 18.2. The van der Waals surface area contributed by atoms with Crippen LogP contribution < -0.4 is 0 Å². The van der Waals surface area contributed by atoms with Crippen molar-refractivity contribution in [3.63, 3.8) is 0 Å². The van der Waals surface area contributed by atoms with E-state index in [1.165, 1.54) is 11.1 Å². The maximum absolute atomic E-state index is 6.43. The number of halogens is 1. The van der Waals surface area contributed by atoms with Crippen molar-refractivity contribution in [2.24, 2.45) is 0 Å². The Morgan fingerprint density at radius 2 is 1.30 bits per heavy atom. The maximum atomic E-state index is 6.43. The van der Waals surface area contributed by atoms with Gasteiger partial charge >= 0.3 is 0 Å². The molecule has 0 saturated carbocycles. The molecule has 1 nitrogen and oxygen atoms in total. The molecule has 2 aromatic rings. The smallest absolute Gasteiger partial charge is 0.207 e. The third-order valence-corrected chi connectivity index (χ3v) is 9.37. The standard InChI is InChI=1S/C20H27ClOSi/c1-2-15-22-23(18-21,16-13-19-9-5-3-6-10-19)17-14-20-11-7-4-8-12-20/h3-12H,2,13-18H2,1H3. The van der Waals surface area contributed by atoms with Crippen molar-refractivity contribution >= 4 is 19.9 Å². The summed E-state index contributed by atoms with van der Waals surface area (Å²) in [5, 5.41) is 0. The van der Waals surface area contributed by atoms with Crippen molar-refractivity contribution in [1.82, 2.24) is 0 Å². The minimum absolute atomic E-state index is 0.687. The molecule has 124 valence electrons. The molecule has 0 spiro atoms. The number of hydrogen-bond donors (Lipinski definition) is 0. The normalized spacial score (nSPS) is 11.6. The van der Waals surface area contributed by atoms with Gasteiger partial charge in [-0.3, -0.25) is 0 Å². The van der Waals surface area contributed by atoms with Crippen LogP contribution in [0.3, 0.4) is 0 Å². The van der Waals surface area contributed by atoms with E-state index in [-0.39, 0.29) is 0 Å². The minimum Gasteiger partial charge on any atom is -0.416 e. The van der Waals surface area contributed by atoms with Crippen LogP contribution in [0.25, 0.3) is 0 Å². The van der Waals surface area contributed by atoms with E-state index < -0.39 is 8.32 Å². The molecule has 0 saturated heterocycles. The second kappa shape index (κ2) is 9.92. The summed E-state index contributed by atoms with van der Waals surface area (Å²) < 4.78 is 6.38. The molecule has 23 heavy (non-hydrogen) atoms. The fourth-order valence-electron chi connectivity index (χ4n) is 2.79. The second-order valence-corrected chi connectivity index (χ2v) is 10.9. The van der Waals surface area contributed by atoms with Gasteiger partial charge in [0.15, 0.2) is 0 Å². The van der Waals surface area contributed by atoms with Crippen LogP contribution in [0.15, 0.2) is 60.7 Å². The molecule has 0 heterocycles. The molecule has 0 atom stereocenters. The largest absolute Gasteiger partial charge is 0.416 e. The summed E-state index contributed by atoms with van der Waals surface area (Å²) in [6, 6.07) is 23.6. The first-order valence-electron chi connectivity index (χ1n) is 8.56. The van der Waals surface area contributed by atoms with E-state index in [2.05, 4.69) is 67.6 Å². The molecule has 0 bridgehead atoms. The fourth-order valence-corrected chi connectivity index (χ4v) is 6.84. The summed E-state index contributed by atoms with van der Waals surface area (Å²) in [6.07, 6.45) is 3.19. The highest BCUT2D eigenvalue weighted by Gasteiger charge is 2.33. The summed E-state index contributed by atoms with van der Waals surface area (Å²) in [6.45, 7) is 3.00. The van der Waals surface area contributed by atoms with E-state index >= 15 is 0 Å². The lowest BCUT2D eigenvalue weighted by molar-refractivity contribution is 0.300. The summed E-state index contributed by atoms with van der Waals surface area (Å²) in [5.74, 6) is 0. The third-order valence-electron chi connectivity index (χ3n) is 4.28. The van der Waals surface area contributed by atoms with Crippen molar-refractivity contribution in [2.75, 3.05) is 12.1 Å². The Balaban J connectivity index is 2.01. The van der Waals surface area contributed by atoms with E-state index in [9.17, 15) is 0 Å². The highest BCUT2D eigenvalue weighted by Crippen LogP contribution is 2.24. The van der Waals surface area contributed by atoms with Gasteiger partial charge in [-0.25, -0.2) is 0 Å². The van der Waals surface area contributed by atoms with E-state index in [0.717, 1.165) is 38.0 Å². The summed E-state index contributed by atoms with van der Waals surface area (Å²) >= 11 is 6.43. The lowest BCUT2D eigenvalue weighted by Crippen LogP contribution is -2.42. The average Bonchev–Trinajstić information content (AvgIpc) is 2.63. The van der Waals surface area contributed by atoms with Crippen LogP contribution in [0, 0.1) is 0 Å². The number of aryl methyl sites for hydroxylation is 2. The Bertz CT molecular complexity index is 501. The molecule has 0 N–H and O–H groups in total. The Kier molecular flexibility index (Phi) is 7.87. The molecule has 0 aliphatic rings. The van der Waals surface area contributed by atoms with Crippen LogP contribution in [-0.2, 0) is 17.3 Å². The van der Waals surface area contributed by atoms with Crippen molar-refractivity contribution in [3.8, 4) is 0 Å². The van der Waals surface area contributed by atoms with Crippen molar-refractivity contribution < 1.29 is 4.43 Å². The molecule has 0 unspecified atom stereocenters. The molecule has 0 radical (unpaired) electrons. The molecule has 0 aliphatic heterocycles. The monoisotopic (exact) mass is 346 g/mol. The van der Waals surface area contributed by atoms with E-state index in [1.54, 1.807) is 0 Å². The van der Waals surface area contributed by atoms with Crippen molar-refractivity contribution in [1.29, 1.82) is 0 Å². The Labute approximate surface area is 146 Å². The lowest BCUT2D eigenvalue weighted by atomic mass is 10.2. The molecular formula is C20H27ClOSi. The maximum Gasteiger partial charge on any atom is 0.207 e. The predicted molar refractivity (Wildman–Crippen MR) is 103 cm³/mol. The first-order chi connectivity index (χ1) is 11.3. The molecule has 2 aromatic carbocycles. The van der Waals surface area contributed by atoms with Gasteiger partial charge in [0.1, 0.15) is 0 Å². The minimum atomic E-state index is -1.89.